The van der Waals surface area contributed by atoms with Crippen molar-refractivity contribution >= 4 is 23.1 Å². The van der Waals surface area contributed by atoms with Crippen molar-refractivity contribution in [2.45, 2.75) is 20.4 Å². The number of nitrogens with zero attached hydrogens (tertiary/aromatic N) is 1. The van der Waals surface area contributed by atoms with Crippen LogP contribution in [0.1, 0.15) is 22.3 Å². The fraction of sp³-hybridized carbons (Fsp3) is 0.120. The molecule has 5 heteroatoms. The highest BCUT2D eigenvalue weighted by atomic mass is 19.1. The number of carbonyl (C=O) groups is 2. The van der Waals surface area contributed by atoms with E-state index >= 15 is 0 Å². The lowest BCUT2D eigenvalue weighted by atomic mass is 10.0. The van der Waals surface area contributed by atoms with Crippen molar-refractivity contribution in [2.24, 2.45) is 0 Å². The fourth-order valence-corrected chi connectivity index (χ4v) is 3.46. The van der Waals surface area contributed by atoms with E-state index in [2.05, 4.69) is 5.32 Å². The third kappa shape index (κ3) is 3.87. The van der Waals surface area contributed by atoms with Crippen LogP contribution in [0.15, 0.2) is 78.5 Å². The molecule has 0 unspecified atom stereocenters. The Labute approximate surface area is 174 Å². The average Bonchev–Trinajstić information content (AvgIpc) is 2.95. The molecule has 1 aliphatic heterocycles. The molecule has 0 saturated heterocycles. The number of aryl methyl sites for hydroxylation is 2. The molecule has 0 spiro atoms. The topological polar surface area (TPSA) is 49.4 Å². The second kappa shape index (κ2) is 7.95. The van der Waals surface area contributed by atoms with Crippen LogP contribution in [0.25, 0.3) is 5.57 Å². The maximum Gasteiger partial charge on any atom is 0.278 e. The van der Waals surface area contributed by atoms with E-state index in [-0.39, 0.29) is 17.8 Å². The second-order valence-electron chi connectivity index (χ2n) is 7.43. The summed E-state index contributed by atoms with van der Waals surface area (Å²) in [4.78, 5) is 27.7. The minimum absolute atomic E-state index is 0.168. The molecule has 0 radical (unpaired) electrons. The first-order valence-corrected chi connectivity index (χ1v) is 9.68. The molecule has 3 aromatic carbocycles. The molecule has 0 aliphatic carbocycles. The van der Waals surface area contributed by atoms with E-state index in [1.807, 2.05) is 62.4 Å². The number of benzene rings is 3. The van der Waals surface area contributed by atoms with Crippen molar-refractivity contribution in [1.82, 2.24) is 4.90 Å². The van der Waals surface area contributed by atoms with E-state index in [0.717, 1.165) is 16.7 Å². The SMILES string of the molecule is Cc1ccc(CN2C(=O)C(Nc3cccc(C)c3)=C(c3ccc(F)cc3)C2=O)cc1. The second-order valence-corrected chi connectivity index (χ2v) is 7.43. The van der Waals surface area contributed by atoms with Crippen molar-refractivity contribution in [3.05, 3.63) is 107 Å². The van der Waals surface area contributed by atoms with Gasteiger partial charge >= 0.3 is 0 Å². The molecule has 4 rings (SSSR count). The summed E-state index contributed by atoms with van der Waals surface area (Å²) in [5.74, 6) is -1.20. The Bertz CT molecular complexity index is 1150. The van der Waals surface area contributed by atoms with E-state index in [1.54, 1.807) is 0 Å². The number of hydrogen-bond donors (Lipinski definition) is 1. The van der Waals surface area contributed by atoms with E-state index in [0.29, 0.717) is 11.3 Å². The van der Waals surface area contributed by atoms with E-state index in [4.69, 9.17) is 0 Å². The van der Waals surface area contributed by atoms with Crippen molar-refractivity contribution in [3.8, 4) is 0 Å². The quantitative estimate of drug-likeness (QED) is 0.624. The van der Waals surface area contributed by atoms with Gasteiger partial charge in [-0.2, -0.15) is 0 Å². The molecule has 0 atom stereocenters. The zero-order chi connectivity index (χ0) is 21.3. The van der Waals surface area contributed by atoms with Crippen molar-refractivity contribution in [3.63, 3.8) is 0 Å². The molecule has 2 amide bonds. The fourth-order valence-electron chi connectivity index (χ4n) is 3.46. The zero-order valence-electron chi connectivity index (χ0n) is 16.8. The molecule has 0 fully saturated rings. The zero-order valence-corrected chi connectivity index (χ0v) is 16.8. The first-order chi connectivity index (χ1) is 14.4. The Kier molecular flexibility index (Phi) is 5.19. The molecule has 0 saturated carbocycles. The summed E-state index contributed by atoms with van der Waals surface area (Å²) in [7, 11) is 0. The van der Waals surface area contributed by atoms with Gasteiger partial charge in [-0.25, -0.2) is 4.39 Å². The molecule has 1 aliphatic rings. The Hall–Kier alpha value is -3.73. The van der Waals surface area contributed by atoms with Crippen LogP contribution in [0.4, 0.5) is 10.1 Å². The van der Waals surface area contributed by atoms with Crippen LogP contribution in [0.3, 0.4) is 0 Å². The lowest BCUT2D eigenvalue weighted by molar-refractivity contribution is -0.137. The Morgan fingerprint density at radius 3 is 2.20 bits per heavy atom. The van der Waals surface area contributed by atoms with Crippen LogP contribution in [0, 0.1) is 19.7 Å². The van der Waals surface area contributed by atoms with E-state index < -0.39 is 17.6 Å². The summed E-state index contributed by atoms with van der Waals surface area (Å²) in [6, 6.07) is 20.9. The predicted molar refractivity (Wildman–Crippen MR) is 115 cm³/mol. The van der Waals surface area contributed by atoms with Gasteiger partial charge in [-0.3, -0.25) is 14.5 Å². The smallest absolute Gasteiger partial charge is 0.278 e. The Morgan fingerprint density at radius 1 is 0.833 bits per heavy atom. The lowest BCUT2D eigenvalue weighted by Gasteiger charge is -2.15. The monoisotopic (exact) mass is 400 g/mol. The third-order valence-electron chi connectivity index (χ3n) is 5.05. The van der Waals surface area contributed by atoms with Crippen LogP contribution in [-0.4, -0.2) is 16.7 Å². The number of carbonyl (C=O) groups excluding carboxylic acids is 2. The number of halogens is 1. The molecule has 30 heavy (non-hydrogen) atoms. The maximum absolute atomic E-state index is 13.4. The predicted octanol–water partition coefficient (Wildman–Crippen LogP) is 4.83. The van der Waals surface area contributed by atoms with Gasteiger partial charge in [0.15, 0.2) is 0 Å². The first kappa shape index (κ1) is 19.6. The normalized spacial score (nSPS) is 13.9. The average molecular weight is 400 g/mol. The maximum atomic E-state index is 13.4. The van der Waals surface area contributed by atoms with Crippen LogP contribution in [0.2, 0.25) is 0 Å². The summed E-state index contributed by atoms with van der Waals surface area (Å²) in [5.41, 5.74) is 4.64. The molecule has 3 aromatic rings. The summed E-state index contributed by atoms with van der Waals surface area (Å²) >= 11 is 0. The standard InChI is InChI=1S/C25H21FN2O2/c1-16-6-8-18(9-7-16)15-28-24(29)22(19-10-12-20(26)13-11-19)23(25(28)30)27-21-5-3-4-17(2)14-21/h3-14,27H,15H2,1-2H3. The van der Waals surface area contributed by atoms with Gasteiger partial charge in [0.2, 0.25) is 0 Å². The largest absolute Gasteiger partial charge is 0.350 e. The Balaban J connectivity index is 1.73. The van der Waals surface area contributed by atoms with Crippen LogP contribution >= 0.6 is 0 Å². The molecular weight excluding hydrogens is 379 g/mol. The van der Waals surface area contributed by atoms with Crippen molar-refractivity contribution < 1.29 is 14.0 Å². The highest BCUT2D eigenvalue weighted by Crippen LogP contribution is 2.31. The lowest BCUT2D eigenvalue weighted by Crippen LogP contribution is -2.32. The number of anilines is 1. The van der Waals surface area contributed by atoms with Crippen molar-refractivity contribution in [2.75, 3.05) is 5.32 Å². The molecule has 150 valence electrons. The van der Waals surface area contributed by atoms with Crippen LogP contribution in [-0.2, 0) is 16.1 Å². The minimum atomic E-state index is -0.402. The van der Waals surface area contributed by atoms with Crippen LogP contribution in [0.5, 0.6) is 0 Å². The van der Waals surface area contributed by atoms with Gasteiger partial charge in [-0.1, -0.05) is 54.1 Å². The Morgan fingerprint density at radius 2 is 1.53 bits per heavy atom. The summed E-state index contributed by atoms with van der Waals surface area (Å²) < 4.78 is 13.4. The van der Waals surface area contributed by atoms with E-state index in [9.17, 15) is 14.0 Å². The van der Waals surface area contributed by atoms with Gasteiger partial charge in [0.25, 0.3) is 11.8 Å². The molecule has 1 heterocycles. The van der Waals surface area contributed by atoms with Gasteiger partial charge in [-0.15, -0.1) is 0 Å². The van der Waals surface area contributed by atoms with Crippen LogP contribution < -0.4 is 5.32 Å². The molecule has 1 N–H and O–H groups in total. The number of amides is 2. The summed E-state index contributed by atoms with van der Waals surface area (Å²) in [5, 5.41) is 3.12. The van der Waals surface area contributed by atoms with Gasteiger partial charge < -0.3 is 5.32 Å². The first-order valence-electron chi connectivity index (χ1n) is 9.68. The number of imide groups is 1. The number of hydrogen-bond acceptors (Lipinski definition) is 3. The van der Waals surface area contributed by atoms with E-state index in [1.165, 1.54) is 29.2 Å². The molecule has 4 nitrogen and oxygen atoms in total. The highest BCUT2D eigenvalue weighted by Gasteiger charge is 2.39. The van der Waals surface area contributed by atoms with Gasteiger partial charge in [0, 0.05) is 5.69 Å². The highest BCUT2D eigenvalue weighted by molar-refractivity contribution is 6.36. The number of nitrogens with one attached hydrogen (secondary N) is 1. The minimum Gasteiger partial charge on any atom is -0.350 e. The summed E-state index contributed by atoms with van der Waals surface area (Å²) in [6.07, 6.45) is 0. The molecule has 0 bridgehead atoms. The summed E-state index contributed by atoms with van der Waals surface area (Å²) in [6.45, 7) is 4.10. The molecule has 0 aromatic heterocycles. The van der Waals surface area contributed by atoms with Gasteiger partial charge in [-0.05, 0) is 54.8 Å². The third-order valence-corrected chi connectivity index (χ3v) is 5.05. The van der Waals surface area contributed by atoms with Gasteiger partial charge in [0.1, 0.15) is 11.5 Å². The van der Waals surface area contributed by atoms with Gasteiger partial charge in [0.05, 0.1) is 12.1 Å². The molecular formula is C25H21FN2O2. The number of rotatable bonds is 5. The van der Waals surface area contributed by atoms with Crippen molar-refractivity contribution in [1.29, 1.82) is 0 Å².